The van der Waals surface area contributed by atoms with Gasteiger partial charge in [0, 0.05) is 37.1 Å². The molecule has 0 aliphatic heterocycles. The summed E-state index contributed by atoms with van der Waals surface area (Å²) in [7, 11) is 0. The van der Waals surface area contributed by atoms with E-state index in [1.54, 1.807) is 0 Å². The maximum Gasteiger partial charge on any atom is 0.225 e. The molecule has 0 unspecified atom stereocenters. The van der Waals surface area contributed by atoms with Crippen LogP contribution in [0, 0.1) is 0 Å². The first-order chi connectivity index (χ1) is 6.85. The van der Waals surface area contributed by atoms with Gasteiger partial charge in [-0.25, -0.2) is 9.97 Å². The Bertz CT molecular complexity index is 291. The molecule has 0 radical (unpaired) electrons. The largest absolute Gasteiger partial charge is 0.338 e. The van der Waals surface area contributed by atoms with E-state index in [0.717, 1.165) is 18.1 Å². The van der Waals surface area contributed by atoms with E-state index >= 15 is 0 Å². The molecule has 1 aromatic heterocycles. The van der Waals surface area contributed by atoms with Gasteiger partial charge in [-0.1, -0.05) is 0 Å². The van der Waals surface area contributed by atoms with E-state index in [0.29, 0.717) is 12.6 Å². The Hall–Kier alpha value is -1.16. The molecule has 1 fully saturated rings. The summed E-state index contributed by atoms with van der Waals surface area (Å²) in [5.74, 6) is 0.840. The Balaban J connectivity index is 2.13. The molecule has 0 aromatic carbocycles. The zero-order chi connectivity index (χ0) is 9.97. The number of nitrogens with two attached hydrogens (primary N) is 1. The monoisotopic (exact) mass is 192 g/mol. The topological polar surface area (TPSA) is 55.0 Å². The fraction of sp³-hybridized carbons (Fsp3) is 0.600. The number of nitrogens with zero attached hydrogens (tertiary/aromatic N) is 3. The van der Waals surface area contributed by atoms with Crippen LogP contribution in [-0.4, -0.2) is 22.6 Å². The normalized spacial score (nSPS) is 15.6. The van der Waals surface area contributed by atoms with Crippen LogP contribution in [0.15, 0.2) is 12.4 Å². The van der Waals surface area contributed by atoms with Crippen LogP contribution in [0.3, 0.4) is 0 Å². The first kappa shape index (κ1) is 9.40. The van der Waals surface area contributed by atoms with Gasteiger partial charge in [0.05, 0.1) is 0 Å². The molecule has 1 heterocycles. The van der Waals surface area contributed by atoms with Crippen molar-refractivity contribution in [1.29, 1.82) is 0 Å². The summed E-state index contributed by atoms with van der Waals surface area (Å²) < 4.78 is 0. The van der Waals surface area contributed by atoms with Gasteiger partial charge in [-0.2, -0.15) is 0 Å². The van der Waals surface area contributed by atoms with Crippen molar-refractivity contribution in [2.45, 2.75) is 32.4 Å². The zero-order valence-electron chi connectivity index (χ0n) is 8.48. The molecule has 1 aliphatic carbocycles. The molecule has 1 saturated carbocycles. The van der Waals surface area contributed by atoms with Crippen molar-refractivity contribution in [3.63, 3.8) is 0 Å². The van der Waals surface area contributed by atoms with Crippen LogP contribution in [0.4, 0.5) is 5.95 Å². The molecule has 1 aromatic rings. The molecule has 2 N–H and O–H groups in total. The first-order valence-electron chi connectivity index (χ1n) is 5.12. The molecular weight excluding hydrogens is 176 g/mol. The molecule has 0 spiro atoms. The molecule has 14 heavy (non-hydrogen) atoms. The van der Waals surface area contributed by atoms with E-state index in [1.807, 2.05) is 12.4 Å². The van der Waals surface area contributed by atoms with Crippen molar-refractivity contribution in [2.75, 3.05) is 11.4 Å². The van der Waals surface area contributed by atoms with Crippen molar-refractivity contribution in [1.82, 2.24) is 9.97 Å². The van der Waals surface area contributed by atoms with Gasteiger partial charge in [0.25, 0.3) is 0 Å². The summed E-state index contributed by atoms with van der Waals surface area (Å²) >= 11 is 0. The van der Waals surface area contributed by atoms with Gasteiger partial charge in [-0.3, -0.25) is 0 Å². The lowest BCUT2D eigenvalue weighted by atomic mass is 10.3. The van der Waals surface area contributed by atoms with E-state index in [1.165, 1.54) is 12.8 Å². The summed E-state index contributed by atoms with van der Waals surface area (Å²) in [5.41, 5.74) is 6.47. The van der Waals surface area contributed by atoms with Gasteiger partial charge in [0.15, 0.2) is 0 Å². The standard InChI is InChI=1S/C10H16N4/c1-2-14(9-3-4-9)10-12-6-8(5-11)7-13-10/h6-7,9H,2-5,11H2,1H3. The van der Waals surface area contributed by atoms with Crippen LogP contribution >= 0.6 is 0 Å². The highest BCUT2D eigenvalue weighted by atomic mass is 15.3. The van der Waals surface area contributed by atoms with Crippen molar-refractivity contribution < 1.29 is 0 Å². The summed E-state index contributed by atoms with van der Waals surface area (Å²) in [6, 6.07) is 0.670. The predicted octanol–water partition coefficient (Wildman–Crippen LogP) is 0.924. The summed E-state index contributed by atoms with van der Waals surface area (Å²) in [6.45, 7) is 3.63. The fourth-order valence-corrected chi connectivity index (χ4v) is 1.55. The lowest BCUT2D eigenvalue weighted by molar-refractivity contribution is 0.783. The summed E-state index contributed by atoms with van der Waals surface area (Å²) in [5, 5.41) is 0. The van der Waals surface area contributed by atoms with E-state index < -0.39 is 0 Å². The molecule has 1 aliphatic rings. The second-order valence-corrected chi connectivity index (χ2v) is 3.61. The Kier molecular flexibility index (Phi) is 2.63. The predicted molar refractivity (Wildman–Crippen MR) is 56.0 cm³/mol. The van der Waals surface area contributed by atoms with Crippen molar-refractivity contribution in [3.05, 3.63) is 18.0 Å². The SMILES string of the molecule is CCN(c1ncc(CN)cn1)C1CC1. The third-order valence-corrected chi connectivity index (χ3v) is 2.51. The molecule has 0 amide bonds. The average Bonchev–Trinajstić information content (AvgIpc) is 3.04. The summed E-state index contributed by atoms with van der Waals surface area (Å²) in [4.78, 5) is 10.9. The van der Waals surface area contributed by atoms with Crippen LogP contribution in [0.2, 0.25) is 0 Å². The number of hydrogen-bond donors (Lipinski definition) is 1. The number of hydrogen-bond acceptors (Lipinski definition) is 4. The van der Waals surface area contributed by atoms with Crippen LogP contribution in [0.5, 0.6) is 0 Å². The molecule has 0 bridgehead atoms. The minimum atomic E-state index is 0.510. The van der Waals surface area contributed by atoms with E-state index in [2.05, 4.69) is 21.8 Å². The van der Waals surface area contributed by atoms with E-state index in [9.17, 15) is 0 Å². The second kappa shape index (κ2) is 3.92. The Labute approximate surface area is 84.2 Å². The molecule has 4 nitrogen and oxygen atoms in total. The van der Waals surface area contributed by atoms with Gasteiger partial charge in [0.2, 0.25) is 5.95 Å². The maximum absolute atomic E-state index is 5.49. The molecule has 2 rings (SSSR count). The average molecular weight is 192 g/mol. The lowest BCUT2D eigenvalue weighted by Crippen LogP contribution is -2.27. The third kappa shape index (κ3) is 1.85. The van der Waals surface area contributed by atoms with E-state index in [-0.39, 0.29) is 0 Å². The Morgan fingerprint density at radius 3 is 2.50 bits per heavy atom. The van der Waals surface area contributed by atoms with Gasteiger partial charge < -0.3 is 10.6 Å². The smallest absolute Gasteiger partial charge is 0.225 e. The number of rotatable bonds is 4. The van der Waals surface area contributed by atoms with E-state index in [4.69, 9.17) is 5.73 Å². The molecule has 0 atom stereocenters. The molecule has 76 valence electrons. The first-order valence-corrected chi connectivity index (χ1v) is 5.12. The molecular formula is C10H16N4. The van der Waals surface area contributed by atoms with Crippen molar-refractivity contribution in [3.8, 4) is 0 Å². The van der Waals surface area contributed by atoms with Crippen molar-refractivity contribution >= 4 is 5.95 Å². The minimum Gasteiger partial charge on any atom is -0.338 e. The highest BCUT2D eigenvalue weighted by Gasteiger charge is 2.29. The van der Waals surface area contributed by atoms with Gasteiger partial charge in [-0.05, 0) is 19.8 Å². The lowest BCUT2D eigenvalue weighted by Gasteiger charge is -2.19. The van der Waals surface area contributed by atoms with Gasteiger partial charge >= 0.3 is 0 Å². The highest BCUT2D eigenvalue weighted by Crippen LogP contribution is 2.28. The second-order valence-electron chi connectivity index (χ2n) is 3.61. The fourth-order valence-electron chi connectivity index (χ4n) is 1.55. The maximum atomic E-state index is 5.49. The molecule has 0 saturated heterocycles. The van der Waals surface area contributed by atoms with Crippen LogP contribution in [0.25, 0.3) is 0 Å². The van der Waals surface area contributed by atoms with Gasteiger partial charge in [0.1, 0.15) is 0 Å². The minimum absolute atomic E-state index is 0.510. The van der Waals surface area contributed by atoms with Crippen LogP contribution < -0.4 is 10.6 Å². The Morgan fingerprint density at radius 1 is 1.43 bits per heavy atom. The number of anilines is 1. The molecule has 4 heteroatoms. The van der Waals surface area contributed by atoms with Gasteiger partial charge in [-0.15, -0.1) is 0 Å². The third-order valence-electron chi connectivity index (χ3n) is 2.51. The quantitative estimate of drug-likeness (QED) is 0.771. The van der Waals surface area contributed by atoms with Crippen LogP contribution in [-0.2, 0) is 6.54 Å². The van der Waals surface area contributed by atoms with Crippen LogP contribution in [0.1, 0.15) is 25.3 Å². The zero-order valence-corrected chi connectivity index (χ0v) is 8.48. The number of aromatic nitrogens is 2. The summed E-state index contributed by atoms with van der Waals surface area (Å²) in [6.07, 6.45) is 6.17. The van der Waals surface area contributed by atoms with Crippen molar-refractivity contribution in [2.24, 2.45) is 5.73 Å². The highest BCUT2D eigenvalue weighted by molar-refractivity contribution is 5.33. The Morgan fingerprint density at radius 2 is 2.07 bits per heavy atom.